The predicted octanol–water partition coefficient (Wildman–Crippen LogP) is 3.69. The number of carbonyl (C=O) groups excluding carboxylic acids is 1. The minimum Gasteiger partial charge on any atom is -0.367 e. The largest absolute Gasteiger partial charge is 0.367 e. The number of amides is 1. The molecule has 1 aliphatic heterocycles. The Kier molecular flexibility index (Phi) is 5.14. The Morgan fingerprint density at radius 3 is 2.75 bits per heavy atom. The summed E-state index contributed by atoms with van der Waals surface area (Å²) in [6.45, 7) is 7.68. The molecule has 6 heteroatoms. The van der Waals surface area contributed by atoms with Crippen LogP contribution in [-0.2, 0) is 0 Å². The summed E-state index contributed by atoms with van der Waals surface area (Å²) in [5.74, 6) is 1.23. The van der Waals surface area contributed by atoms with Gasteiger partial charge in [0.15, 0.2) is 0 Å². The lowest BCUT2D eigenvalue weighted by molar-refractivity contribution is 0.0713. The summed E-state index contributed by atoms with van der Waals surface area (Å²) < 4.78 is 0. The second kappa shape index (κ2) is 7.30. The van der Waals surface area contributed by atoms with Gasteiger partial charge >= 0.3 is 0 Å². The fourth-order valence-electron chi connectivity index (χ4n) is 3.03. The first-order valence-electron chi connectivity index (χ1n) is 8.47. The molecule has 1 saturated heterocycles. The zero-order chi connectivity index (χ0) is 17.1. The number of carbonyl (C=O) groups is 1. The Morgan fingerprint density at radius 1 is 1.38 bits per heavy atom. The molecule has 0 radical (unpaired) electrons. The molecule has 1 amide bonds. The van der Waals surface area contributed by atoms with Crippen LogP contribution >= 0.6 is 11.3 Å². The molecule has 1 fully saturated rings. The van der Waals surface area contributed by atoms with Crippen LogP contribution in [0.2, 0.25) is 0 Å². The highest BCUT2D eigenvalue weighted by Crippen LogP contribution is 2.31. The van der Waals surface area contributed by atoms with Gasteiger partial charge in [0, 0.05) is 42.3 Å². The number of likely N-dealkylation sites (tertiary alicyclic amines) is 1. The quantitative estimate of drug-likeness (QED) is 0.919. The van der Waals surface area contributed by atoms with Gasteiger partial charge in [0.2, 0.25) is 0 Å². The van der Waals surface area contributed by atoms with Crippen molar-refractivity contribution in [3.05, 3.63) is 40.0 Å². The van der Waals surface area contributed by atoms with Crippen LogP contribution in [0.4, 0.5) is 5.82 Å². The maximum atomic E-state index is 12.9. The first-order valence-corrected chi connectivity index (χ1v) is 9.35. The summed E-state index contributed by atoms with van der Waals surface area (Å²) in [6, 6.07) is 3.92. The first-order chi connectivity index (χ1) is 11.5. The van der Waals surface area contributed by atoms with E-state index in [1.807, 2.05) is 37.8 Å². The van der Waals surface area contributed by atoms with Crippen LogP contribution in [0.25, 0.3) is 0 Å². The van der Waals surface area contributed by atoms with E-state index in [0.717, 1.165) is 31.6 Å². The molecule has 3 heterocycles. The summed E-state index contributed by atoms with van der Waals surface area (Å²) in [4.78, 5) is 23.8. The van der Waals surface area contributed by atoms with Crippen LogP contribution in [0.1, 0.15) is 53.7 Å². The molecular weight excluding hydrogens is 320 g/mol. The van der Waals surface area contributed by atoms with Crippen molar-refractivity contribution in [2.45, 2.75) is 45.6 Å². The smallest absolute Gasteiger partial charge is 0.257 e. The molecule has 24 heavy (non-hydrogen) atoms. The van der Waals surface area contributed by atoms with Gasteiger partial charge in [-0.25, -0.2) is 9.97 Å². The molecule has 0 atom stereocenters. The fraction of sp³-hybridized carbons (Fsp3) is 0.500. The third-order valence-corrected chi connectivity index (χ3v) is 5.36. The van der Waals surface area contributed by atoms with Crippen LogP contribution in [-0.4, -0.2) is 39.9 Å². The van der Waals surface area contributed by atoms with Gasteiger partial charge in [-0.3, -0.25) is 4.79 Å². The summed E-state index contributed by atoms with van der Waals surface area (Å²) in [5, 5.41) is 6.58. The van der Waals surface area contributed by atoms with E-state index < -0.39 is 0 Å². The fourth-order valence-corrected chi connectivity index (χ4v) is 3.99. The van der Waals surface area contributed by atoms with E-state index in [9.17, 15) is 4.79 Å². The number of pyridine rings is 1. The number of piperidine rings is 1. The maximum absolute atomic E-state index is 12.9. The van der Waals surface area contributed by atoms with E-state index in [4.69, 9.17) is 0 Å². The van der Waals surface area contributed by atoms with Crippen LogP contribution in [0.15, 0.2) is 23.7 Å². The maximum Gasteiger partial charge on any atom is 0.257 e. The number of anilines is 1. The van der Waals surface area contributed by atoms with Gasteiger partial charge in [-0.1, -0.05) is 0 Å². The lowest BCUT2D eigenvalue weighted by atomic mass is 9.97. The number of nitrogens with one attached hydrogen (secondary N) is 1. The average molecular weight is 344 g/mol. The number of nitrogens with zero attached hydrogens (tertiary/aromatic N) is 3. The molecule has 1 aliphatic rings. The third-order valence-electron chi connectivity index (χ3n) is 4.23. The second-order valence-electron chi connectivity index (χ2n) is 6.59. The average Bonchev–Trinajstić information content (AvgIpc) is 3.01. The molecule has 0 aliphatic carbocycles. The van der Waals surface area contributed by atoms with Gasteiger partial charge < -0.3 is 10.2 Å². The topological polar surface area (TPSA) is 58.1 Å². The van der Waals surface area contributed by atoms with E-state index in [0.29, 0.717) is 17.3 Å². The van der Waals surface area contributed by atoms with Gasteiger partial charge in [0.25, 0.3) is 5.91 Å². The van der Waals surface area contributed by atoms with E-state index in [1.165, 1.54) is 5.01 Å². The van der Waals surface area contributed by atoms with Crippen molar-refractivity contribution in [3.8, 4) is 0 Å². The van der Waals surface area contributed by atoms with Crippen molar-refractivity contribution in [2.75, 3.05) is 18.4 Å². The van der Waals surface area contributed by atoms with Crippen molar-refractivity contribution >= 4 is 23.1 Å². The number of hydrogen-bond donors (Lipinski definition) is 1. The summed E-state index contributed by atoms with van der Waals surface area (Å²) >= 11 is 1.74. The van der Waals surface area contributed by atoms with Crippen molar-refractivity contribution in [1.82, 2.24) is 14.9 Å². The van der Waals surface area contributed by atoms with Crippen LogP contribution in [0.5, 0.6) is 0 Å². The van der Waals surface area contributed by atoms with Crippen LogP contribution in [0, 0.1) is 6.92 Å². The van der Waals surface area contributed by atoms with Gasteiger partial charge in [0.05, 0.1) is 10.6 Å². The van der Waals surface area contributed by atoms with Gasteiger partial charge in [-0.05, 0) is 45.7 Å². The van der Waals surface area contributed by atoms with Crippen molar-refractivity contribution < 1.29 is 4.79 Å². The Labute approximate surface area is 147 Å². The van der Waals surface area contributed by atoms with Gasteiger partial charge in [-0.2, -0.15) is 0 Å². The minimum absolute atomic E-state index is 0.0695. The molecule has 1 N–H and O–H groups in total. The van der Waals surface area contributed by atoms with Crippen LogP contribution in [0.3, 0.4) is 0 Å². The number of aryl methyl sites for hydroxylation is 1. The van der Waals surface area contributed by atoms with Crippen molar-refractivity contribution in [1.29, 1.82) is 0 Å². The Balaban J connectivity index is 1.67. The highest BCUT2D eigenvalue weighted by Gasteiger charge is 2.27. The molecule has 2 aromatic rings. The Hall–Kier alpha value is -1.95. The SMILES string of the molecule is Cc1csc(C2CCN(C(=O)c3cccnc3NC(C)C)CC2)n1. The molecule has 2 aromatic heterocycles. The van der Waals surface area contributed by atoms with Crippen molar-refractivity contribution in [2.24, 2.45) is 0 Å². The molecule has 5 nitrogen and oxygen atoms in total. The number of rotatable bonds is 4. The van der Waals surface area contributed by atoms with E-state index in [2.05, 4.69) is 20.7 Å². The number of hydrogen-bond acceptors (Lipinski definition) is 5. The van der Waals surface area contributed by atoms with Gasteiger partial charge in [0.1, 0.15) is 5.82 Å². The minimum atomic E-state index is 0.0695. The molecule has 0 bridgehead atoms. The molecule has 0 aromatic carbocycles. The lowest BCUT2D eigenvalue weighted by Crippen LogP contribution is -2.38. The monoisotopic (exact) mass is 344 g/mol. The Bertz CT molecular complexity index is 705. The Morgan fingerprint density at radius 2 is 2.12 bits per heavy atom. The second-order valence-corrected chi connectivity index (χ2v) is 7.48. The zero-order valence-corrected chi connectivity index (χ0v) is 15.3. The summed E-state index contributed by atoms with van der Waals surface area (Å²) in [6.07, 6.45) is 3.68. The van der Waals surface area contributed by atoms with Gasteiger partial charge in [-0.15, -0.1) is 11.3 Å². The predicted molar refractivity (Wildman–Crippen MR) is 97.7 cm³/mol. The molecule has 128 valence electrons. The van der Waals surface area contributed by atoms with E-state index in [1.54, 1.807) is 17.5 Å². The standard InChI is InChI=1S/C18H24N4OS/c1-12(2)20-16-15(5-4-8-19-16)18(23)22-9-6-14(7-10-22)17-21-13(3)11-24-17/h4-5,8,11-12,14H,6-7,9-10H2,1-3H3,(H,19,20). The number of aromatic nitrogens is 2. The highest BCUT2D eigenvalue weighted by molar-refractivity contribution is 7.09. The molecular formula is C18H24N4OS. The molecule has 0 spiro atoms. The normalized spacial score (nSPS) is 15.8. The number of thiazole rings is 1. The molecule has 0 saturated carbocycles. The zero-order valence-electron chi connectivity index (χ0n) is 14.5. The summed E-state index contributed by atoms with van der Waals surface area (Å²) in [5.41, 5.74) is 1.75. The van der Waals surface area contributed by atoms with Crippen molar-refractivity contribution in [3.63, 3.8) is 0 Å². The molecule has 3 rings (SSSR count). The lowest BCUT2D eigenvalue weighted by Gasteiger charge is -2.31. The summed E-state index contributed by atoms with van der Waals surface area (Å²) in [7, 11) is 0. The molecule has 0 unspecified atom stereocenters. The van der Waals surface area contributed by atoms with E-state index in [-0.39, 0.29) is 11.9 Å². The van der Waals surface area contributed by atoms with Crippen LogP contribution < -0.4 is 5.32 Å². The van der Waals surface area contributed by atoms with E-state index >= 15 is 0 Å². The first kappa shape index (κ1) is 16.9. The third kappa shape index (κ3) is 3.75. The highest BCUT2D eigenvalue weighted by atomic mass is 32.1.